The Morgan fingerprint density at radius 3 is 2.61 bits per heavy atom. The van der Waals surface area contributed by atoms with E-state index in [1.165, 1.54) is 19.1 Å². The van der Waals surface area contributed by atoms with E-state index in [-0.39, 0.29) is 24.7 Å². The van der Waals surface area contributed by atoms with E-state index in [1.54, 1.807) is 21.9 Å². The number of nitrogens with zero attached hydrogens (tertiary/aromatic N) is 2. The average molecular weight is 332 g/mol. The van der Waals surface area contributed by atoms with E-state index in [2.05, 4.69) is 0 Å². The lowest BCUT2D eigenvalue weighted by molar-refractivity contribution is -0.145. The zero-order chi connectivity index (χ0) is 17.0. The Labute approximate surface area is 132 Å². The fraction of sp³-hybridized carbons (Fsp3) is 0.562. The molecule has 23 heavy (non-hydrogen) atoms. The van der Waals surface area contributed by atoms with Crippen LogP contribution in [0.15, 0.2) is 24.3 Å². The third-order valence-corrected chi connectivity index (χ3v) is 4.04. The van der Waals surface area contributed by atoms with Crippen LogP contribution in [0.1, 0.15) is 25.3 Å². The minimum Gasteiger partial charge on any atom is -0.337 e. The van der Waals surface area contributed by atoms with Gasteiger partial charge < -0.3 is 4.90 Å². The summed E-state index contributed by atoms with van der Waals surface area (Å²) in [6.07, 6.45) is -4.92. The molecule has 7 heteroatoms. The third-order valence-electron chi connectivity index (χ3n) is 4.04. The van der Waals surface area contributed by atoms with Gasteiger partial charge in [-0.2, -0.15) is 13.2 Å². The summed E-state index contributed by atoms with van der Waals surface area (Å²) in [6.45, 7) is 2.85. The van der Waals surface area contributed by atoms with Crippen LogP contribution in [-0.4, -0.2) is 47.6 Å². The summed E-state index contributed by atoms with van der Waals surface area (Å²) >= 11 is 0. The highest BCUT2D eigenvalue weighted by molar-refractivity contribution is 5.76. The van der Waals surface area contributed by atoms with E-state index in [1.807, 2.05) is 0 Å². The second kappa shape index (κ2) is 7.29. The Hall–Kier alpha value is -1.63. The molecule has 3 nitrogen and oxygen atoms in total. The van der Waals surface area contributed by atoms with E-state index >= 15 is 0 Å². The van der Waals surface area contributed by atoms with Crippen molar-refractivity contribution in [1.82, 2.24) is 9.80 Å². The van der Waals surface area contributed by atoms with Gasteiger partial charge in [0.2, 0.25) is 5.91 Å². The van der Waals surface area contributed by atoms with E-state index < -0.39 is 18.6 Å². The van der Waals surface area contributed by atoms with E-state index in [4.69, 9.17) is 0 Å². The normalized spacial score (nSPS) is 18.8. The molecule has 1 unspecified atom stereocenters. The van der Waals surface area contributed by atoms with Crippen molar-refractivity contribution in [3.8, 4) is 0 Å². The van der Waals surface area contributed by atoms with Gasteiger partial charge in [-0.05, 0) is 24.6 Å². The van der Waals surface area contributed by atoms with Gasteiger partial charge in [-0.1, -0.05) is 12.1 Å². The Morgan fingerprint density at radius 1 is 1.22 bits per heavy atom. The van der Waals surface area contributed by atoms with Crippen molar-refractivity contribution in [2.24, 2.45) is 0 Å². The van der Waals surface area contributed by atoms with Crippen LogP contribution in [-0.2, 0) is 11.3 Å². The van der Waals surface area contributed by atoms with Crippen molar-refractivity contribution >= 4 is 5.91 Å². The number of halogens is 4. The van der Waals surface area contributed by atoms with Gasteiger partial charge in [-0.25, -0.2) is 4.39 Å². The van der Waals surface area contributed by atoms with E-state index in [0.29, 0.717) is 25.2 Å². The quantitative estimate of drug-likeness (QED) is 0.791. The largest absolute Gasteiger partial charge is 0.390 e. The van der Waals surface area contributed by atoms with Crippen LogP contribution in [0.25, 0.3) is 0 Å². The summed E-state index contributed by atoms with van der Waals surface area (Å²) in [7, 11) is 0. The minimum atomic E-state index is -4.21. The standard InChI is InChI=1S/C16H20F4N2O/c1-12(10-16(18,19)20)21-6-5-15(23)22(8-7-21)11-13-3-2-4-14(17)9-13/h2-4,9,12H,5-8,10-11H2,1H3. The van der Waals surface area contributed by atoms with Gasteiger partial charge in [-0.3, -0.25) is 9.69 Å². The van der Waals surface area contributed by atoms with Crippen molar-refractivity contribution < 1.29 is 22.4 Å². The van der Waals surface area contributed by atoms with Gasteiger partial charge in [0.25, 0.3) is 0 Å². The number of hydrogen-bond acceptors (Lipinski definition) is 2. The molecule has 1 aromatic carbocycles. The maximum Gasteiger partial charge on any atom is 0.390 e. The molecule has 1 fully saturated rings. The fourth-order valence-electron chi connectivity index (χ4n) is 2.81. The number of rotatable bonds is 4. The molecule has 0 bridgehead atoms. The summed E-state index contributed by atoms with van der Waals surface area (Å²) < 4.78 is 50.7. The number of carbonyl (C=O) groups is 1. The fourth-order valence-corrected chi connectivity index (χ4v) is 2.81. The molecule has 0 saturated carbocycles. The van der Waals surface area contributed by atoms with Gasteiger partial charge in [0, 0.05) is 38.6 Å². The van der Waals surface area contributed by atoms with E-state index in [0.717, 1.165) is 0 Å². The van der Waals surface area contributed by atoms with Gasteiger partial charge >= 0.3 is 6.18 Å². The Bertz CT molecular complexity index is 547. The molecule has 1 saturated heterocycles. The maximum atomic E-state index is 13.2. The molecule has 1 aliphatic rings. The Balaban J connectivity index is 1.96. The van der Waals surface area contributed by atoms with Crippen LogP contribution < -0.4 is 0 Å². The van der Waals surface area contributed by atoms with Crippen LogP contribution in [0.2, 0.25) is 0 Å². The summed E-state index contributed by atoms with van der Waals surface area (Å²) in [4.78, 5) is 15.4. The molecule has 0 aliphatic carbocycles. The summed E-state index contributed by atoms with van der Waals surface area (Å²) in [5.41, 5.74) is 0.676. The molecule has 1 atom stereocenters. The van der Waals surface area contributed by atoms with Crippen molar-refractivity contribution in [3.05, 3.63) is 35.6 Å². The topological polar surface area (TPSA) is 23.6 Å². The lowest BCUT2D eigenvalue weighted by Gasteiger charge is -2.28. The molecule has 0 spiro atoms. The van der Waals surface area contributed by atoms with Gasteiger partial charge in [0.1, 0.15) is 5.82 Å². The lowest BCUT2D eigenvalue weighted by Crippen LogP contribution is -2.39. The van der Waals surface area contributed by atoms with Crippen LogP contribution in [0.4, 0.5) is 17.6 Å². The highest BCUT2D eigenvalue weighted by atomic mass is 19.4. The second-order valence-electron chi connectivity index (χ2n) is 5.90. The molecule has 2 rings (SSSR count). The predicted octanol–water partition coefficient (Wildman–Crippen LogP) is 3.20. The van der Waals surface area contributed by atoms with Crippen LogP contribution in [0, 0.1) is 5.82 Å². The molecular formula is C16H20F4N2O. The first-order valence-electron chi connectivity index (χ1n) is 7.57. The number of alkyl halides is 3. The number of carbonyl (C=O) groups excluding carboxylic acids is 1. The predicted molar refractivity (Wildman–Crippen MR) is 78.1 cm³/mol. The second-order valence-corrected chi connectivity index (χ2v) is 5.90. The highest BCUT2D eigenvalue weighted by Crippen LogP contribution is 2.24. The molecule has 1 heterocycles. The number of benzene rings is 1. The molecule has 1 amide bonds. The minimum absolute atomic E-state index is 0.115. The maximum absolute atomic E-state index is 13.2. The van der Waals surface area contributed by atoms with Crippen molar-refractivity contribution in [1.29, 1.82) is 0 Å². The first kappa shape index (κ1) is 17.7. The number of amides is 1. The molecular weight excluding hydrogens is 312 g/mol. The van der Waals surface area contributed by atoms with Crippen LogP contribution >= 0.6 is 0 Å². The number of hydrogen-bond donors (Lipinski definition) is 0. The summed E-state index contributed by atoms with van der Waals surface area (Å²) in [6, 6.07) is 5.34. The van der Waals surface area contributed by atoms with Gasteiger partial charge in [0.05, 0.1) is 6.42 Å². The van der Waals surface area contributed by atoms with Crippen molar-refractivity contribution in [2.45, 2.75) is 38.5 Å². The molecule has 128 valence electrons. The van der Waals surface area contributed by atoms with E-state index in [9.17, 15) is 22.4 Å². The van der Waals surface area contributed by atoms with Crippen LogP contribution in [0.5, 0.6) is 0 Å². The molecule has 0 N–H and O–H groups in total. The molecule has 1 aliphatic heterocycles. The average Bonchev–Trinajstić information content (AvgIpc) is 2.60. The Kier molecular flexibility index (Phi) is 5.62. The zero-order valence-electron chi connectivity index (χ0n) is 12.9. The van der Waals surface area contributed by atoms with Crippen molar-refractivity contribution in [2.75, 3.05) is 19.6 Å². The highest BCUT2D eigenvalue weighted by Gasteiger charge is 2.33. The lowest BCUT2D eigenvalue weighted by atomic mass is 10.2. The third kappa shape index (κ3) is 5.49. The SMILES string of the molecule is CC(CC(F)(F)F)N1CCC(=O)N(Cc2cccc(F)c2)CC1. The van der Waals surface area contributed by atoms with Gasteiger partial charge in [-0.15, -0.1) is 0 Å². The monoisotopic (exact) mass is 332 g/mol. The summed E-state index contributed by atoms with van der Waals surface area (Å²) in [5, 5.41) is 0. The van der Waals surface area contributed by atoms with Crippen LogP contribution in [0.3, 0.4) is 0 Å². The summed E-state index contributed by atoms with van der Waals surface area (Å²) in [5.74, 6) is -0.485. The van der Waals surface area contributed by atoms with Gasteiger partial charge in [0.15, 0.2) is 0 Å². The molecule has 1 aromatic rings. The smallest absolute Gasteiger partial charge is 0.337 e. The van der Waals surface area contributed by atoms with Crippen molar-refractivity contribution in [3.63, 3.8) is 0 Å². The Morgan fingerprint density at radius 2 is 1.96 bits per heavy atom. The molecule has 0 aromatic heterocycles. The molecule has 0 radical (unpaired) electrons. The first-order valence-corrected chi connectivity index (χ1v) is 7.57. The zero-order valence-corrected chi connectivity index (χ0v) is 12.9. The first-order chi connectivity index (χ1) is 10.7.